The molecule has 0 radical (unpaired) electrons. The van der Waals surface area contributed by atoms with Crippen molar-refractivity contribution in [3.63, 3.8) is 0 Å². The molecule has 3 aromatic rings. The highest BCUT2D eigenvalue weighted by Gasteiger charge is 2.18. The Bertz CT molecular complexity index is 1190. The summed E-state index contributed by atoms with van der Waals surface area (Å²) in [5, 5.41) is 2.81. The van der Waals surface area contributed by atoms with Crippen molar-refractivity contribution in [2.75, 3.05) is 37.9 Å². The Labute approximate surface area is 200 Å². The minimum Gasteiger partial charge on any atom is -0.497 e. The van der Waals surface area contributed by atoms with Crippen LogP contribution in [0.1, 0.15) is 15.9 Å². The SMILES string of the molecule is COc1ccc(N(Cc2ccc(C(=O)NCCOc3cccc(OC)c3)cc2)S(C)(=O)=O)cc1. The third-order valence-electron chi connectivity index (χ3n) is 5.00. The number of nitrogens with zero attached hydrogens (tertiary/aromatic N) is 1. The molecule has 34 heavy (non-hydrogen) atoms. The summed E-state index contributed by atoms with van der Waals surface area (Å²) in [5.41, 5.74) is 1.75. The first kappa shape index (κ1) is 24.9. The van der Waals surface area contributed by atoms with Gasteiger partial charge in [0.2, 0.25) is 10.0 Å². The topological polar surface area (TPSA) is 94.2 Å². The third-order valence-corrected chi connectivity index (χ3v) is 6.14. The zero-order chi connectivity index (χ0) is 24.6. The Morgan fingerprint density at radius 2 is 1.53 bits per heavy atom. The van der Waals surface area contributed by atoms with Gasteiger partial charge in [0.25, 0.3) is 5.91 Å². The molecule has 0 aliphatic rings. The first-order valence-electron chi connectivity index (χ1n) is 10.6. The summed E-state index contributed by atoms with van der Waals surface area (Å²) in [6.07, 6.45) is 1.16. The van der Waals surface area contributed by atoms with Gasteiger partial charge < -0.3 is 19.5 Å². The van der Waals surface area contributed by atoms with E-state index in [0.29, 0.717) is 41.7 Å². The summed E-state index contributed by atoms with van der Waals surface area (Å²) in [7, 11) is -0.377. The molecule has 0 aromatic heterocycles. The lowest BCUT2D eigenvalue weighted by Gasteiger charge is -2.23. The minimum absolute atomic E-state index is 0.140. The van der Waals surface area contributed by atoms with Gasteiger partial charge in [-0.3, -0.25) is 9.10 Å². The van der Waals surface area contributed by atoms with E-state index in [1.54, 1.807) is 68.8 Å². The highest BCUT2D eigenvalue weighted by atomic mass is 32.2. The van der Waals surface area contributed by atoms with Crippen LogP contribution in [-0.4, -0.2) is 48.0 Å². The van der Waals surface area contributed by atoms with Gasteiger partial charge in [-0.1, -0.05) is 18.2 Å². The van der Waals surface area contributed by atoms with Gasteiger partial charge in [-0.2, -0.15) is 0 Å². The lowest BCUT2D eigenvalue weighted by atomic mass is 10.1. The summed E-state index contributed by atoms with van der Waals surface area (Å²) in [4.78, 5) is 12.4. The van der Waals surface area contributed by atoms with Crippen LogP contribution in [0.25, 0.3) is 0 Å². The first-order valence-corrected chi connectivity index (χ1v) is 12.4. The van der Waals surface area contributed by atoms with Gasteiger partial charge in [-0.05, 0) is 54.1 Å². The molecule has 0 spiro atoms. The summed E-state index contributed by atoms with van der Waals surface area (Å²) in [6.45, 7) is 0.779. The molecule has 3 aromatic carbocycles. The van der Waals surface area contributed by atoms with Crippen molar-refractivity contribution in [3.05, 3.63) is 83.9 Å². The van der Waals surface area contributed by atoms with Crippen molar-refractivity contribution in [3.8, 4) is 17.2 Å². The van der Waals surface area contributed by atoms with Crippen LogP contribution in [-0.2, 0) is 16.6 Å². The number of carbonyl (C=O) groups is 1. The number of anilines is 1. The van der Waals surface area contributed by atoms with Crippen LogP contribution >= 0.6 is 0 Å². The fraction of sp³-hybridized carbons (Fsp3) is 0.240. The Balaban J connectivity index is 1.56. The molecule has 0 aliphatic heterocycles. The third kappa shape index (κ3) is 6.89. The molecule has 1 N–H and O–H groups in total. The minimum atomic E-state index is -3.51. The van der Waals surface area contributed by atoms with Gasteiger partial charge in [-0.15, -0.1) is 0 Å². The molecule has 0 saturated heterocycles. The summed E-state index contributed by atoms with van der Waals surface area (Å²) < 4.78 is 41.9. The van der Waals surface area contributed by atoms with E-state index >= 15 is 0 Å². The van der Waals surface area contributed by atoms with Crippen LogP contribution in [0.5, 0.6) is 17.2 Å². The number of hydrogen-bond donors (Lipinski definition) is 1. The monoisotopic (exact) mass is 484 g/mol. The highest BCUT2D eigenvalue weighted by Crippen LogP contribution is 2.24. The zero-order valence-electron chi connectivity index (χ0n) is 19.4. The molecule has 0 heterocycles. The number of methoxy groups -OCH3 is 2. The van der Waals surface area contributed by atoms with Crippen LogP contribution in [0.2, 0.25) is 0 Å². The van der Waals surface area contributed by atoms with Gasteiger partial charge in [-0.25, -0.2) is 8.42 Å². The Hall–Kier alpha value is -3.72. The lowest BCUT2D eigenvalue weighted by Crippen LogP contribution is -2.29. The number of nitrogens with one attached hydrogen (secondary N) is 1. The fourth-order valence-corrected chi connectivity index (χ4v) is 4.09. The summed E-state index contributed by atoms with van der Waals surface area (Å²) in [5.74, 6) is 1.76. The molecule has 3 rings (SSSR count). The molecule has 0 bridgehead atoms. The predicted octanol–water partition coefficient (Wildman–Crippen LogP) is 3.48. The van der Waals surface area contributed by atoms with E-state index in [1.165, 1.54) is 4.31 Å². The van der Waals surface area contributed by atoms with Crippen LogP contribution in [0.15, 0.2) is 72.8 Å². The number of benzene rings is 3. The Morgan fingerprint density at radius 3 is 2.15 bits per heavy atom. The van der Waals surface area contributed by atoms with Crippen molar-refractivity contribution < 1.29 is 27.4 Å². The second kappa shape index (κ2) is 11.4. The maximum Gasteiger partial charge on any atom is 0.251 e. The number of amides is 1. The highest BCUT2D eigenvalue weighted by molar-refractivity contribution is 7.92. The number of rotatable bonds is 11. The van der Waals surface area contributed by atoms with Crippen LogP contribution in [0.3, 0.4) is 0 Å². The predicted molar refractivity (Wildman–Crippen MR) is 131 cm³/mol. The number of hydrogen-bond acceptors (Lipinski definition) is 6. The van der Waals surface area contributed by atoms with Crippen LogP contribution in [0.4, 0.5) is 5.69 Å². The molecule has 0 fully saturated rings. The number of sulfonamides is 1. The zero-order valence-corrected chi connectivity index (χ0v) is 20.2. The normalized spacial score (nSPS) is 10.9. The maximum atomic E-state index is 12.4. The van der Waals surface area contributed by atoms with E-state index in [-0.39, 0.29) is 12.5 Å². The Morgan fingerprint density at radius 1 is 0.882 bits per heavy atom. The molecule has 0 saturated carbocycles. The van der Waals surface area contributed by atoms with Crippen molar-refractivity contribution in [1.29, 1.82) is 0 Å². The van der Waals surface area contributed by atoms with Crippen molar-refractivity contribution >= 4 is 21.6 Å². The quantitative estimate of drug-likeness (QED) is 0.419. The van der Waals surface area contributed by atoms with E-state index in [9.17, 15) is 13.2 Å². The van der Waals surface area contributed by atoms with E-state index in [0.717, 1.165) is 11.8 Å². The van der Waals surface area contributed by atoms with Crippen LogP contribution < -0.4 is 23.8 Å². The molecule has 0 atom stereocenters. The average Bonchev–Trinajstić information content (AvgIpc) is 2.85. The second-order valence-electron chi connectivity index (χ2n) is 7.45. The molecule has 180 valence electrons. The molecule has 0 aliphatic carbocycles. The molecular formula is C25H28N2O6S. The summed E-state index contributed by atoms with van der Waals surface area (Å²) >= 11 is 0. The summed E-state index contributed by atoms with van der Waals surface area (Å²) in [6, 6.07) is 20.8. The van der Waals surface area contributed by atoms with E-state index in [2.05, 4.69) is 5.32 Å². The van der Waals surface area contributed by atoms with E-state index < -0.39 is 10.0 Å². The fourth-order valence-electron chi connectivity index (χ4n) is 3.20. The smallest absolute Gasteiger partial charge is 0.251 e. The van der Waals surface area contributed by atoms with Gasteiger partial charge in [0.05, 0.1) is 39.3 Å². The molecule has 8 nitrogen and oxygen atoms in total. The average molecular weight is 485 g/mol. The molecular weight excluding hydrogens is 456 g/mol. The maximum absolute atomic E-state index is 12.4. The van der Waals surface area contributed by atoms with Crippen molar-refractivity contribution in [1.82, 2.24) is 5.32 Å². The number of carbonyl (C=O) groups excluding carboxylic acids is 1. The Kier molecular flexibility index (Phi) is 8.37. The van der Waals surface area contributed by atoms with Crippen LogP contribution in [0, 0.1) is 0 Å². The van der Waals surface area contributed by atoms with E-state index in [4.69, 9.17) is 14.2 Å². The second-order valence-corrected chi connectivity index (χ2v) is 9.35. The van der Waals surface area contributed by atoms with Gasteiger partial charge in [0, 0.05) is 11.6 Å². The largest absolute Gasteiger partial charge is 0.497 e. The molecule has 0 unspecified atom stereocenters. The van der Waals surface area contributed by atoms with Gasteiger partial charge in [0.1, 0.15) is 23.9 Å². The van der Waals surface area contributed by atoms with Crippen molar-refractivity contribution in [2.45, 2.75) is 6.54 Å². The number of ether oxygens (including phenoxy) is 3. The standard InChI is InChI=1S/C25H28N2O6S/c1-31-22-13-11-21(12-14-22)27(34(3,29)30)18-19-7-9-20(10-8-19)25(28)26-15-16-33-24-6-4-5-23(17-24)32-2/h4-14,17H,15-16,18H2,1-3H3,(H,26,28). The first-order chi connectivity index (χ1) is 16.3. The molecule has 9 heteroatoms. The van der Waals surface area contributed by atoms with Crippen molar-refractivity contribution in [2.24, 2.45) is 0 Å². The van der Waals surface area contributed by atoms with Gasteiger partial charge in [0.15, 0.2) is 0 Å². The van der Waals surface area contributed by atoms with Gasteiger partial charge >= 0.3 is 0 Å². The molecule has 1 amide bonds. The lowest BCUT2D eigenvalue weighted by molar-refractivity contribution is 0.0947. The van der Waals surface area contributed by atoms with E-state index in [1.807, 2.05) is 18.2 Å².